The van der Waals surface area contributed by atoms with E-state index in [0.717, 1.165) is 17.7 Å². The van der Waals surface area contributed by atoms with Gasteiger partial charge in [-0.2, -0.15) is 0 Å². The predicted molar refractivity (Wildman–Crippen MR) is 136 cm³/mol. The monoisotopic (exact) mass is 482 g/mol. The first kappa shape index (κ1) is 24.9. The van der Waals surface area contributed by atoms with Crippen molar-refractivity contribution in [3.05, 3.63) is 90.0 Å². The van der Waals surface area contributed by atoms with Gasteiger partial charge in [-0.1, -0.05) is 61.0 Å². The van der Waals surface area contributed by atoms with E-state index in [2.05, 4.69) is 36.5 Å². The third-order valence-corrected chi connectivity index (χ3v) is 8.06. The third-order valence-electron chi connectivity index (χ3n) is 5.19. The van der Waals surface area contributed by atoms with Crippen molar-refractivity contribution in [1.29, 1.82) is 0 Å². The van der Waals surface area contributed by atoms with Crippen LogP contribution in [0.15, 0.2) is 88.7 Å². The second-order valence-electron chi connectivity index (χ2n) is 7.67. The highest BCUT2D eigenvalue weighted by Crippen LogP contribution is 2.27. The summed E-state index contributed by atoms with van der Waals surface area (Å²) < 4.78 is 28.1. The Kier molecular flexibility index (Phi) is 8.97. The summed E-state index contributed by atoms with van der Waals surface area (Å²) in [5.41, 5.74) is 2.64. The molecule has 0 aromatic heterocycles. The Morgan fingerprint density at radius 2 is 1.61 bits per heavy atom. The summed E-state index contributed by atoms with van der Waals surface area (Å²) in [6, 6.07) is 23.9. The van der Waals surface area contributed by atoms with Gasteiger partial charge in [0.1, 0.15) is 6.54 Å². The lowest BCUT2D eigenvalue weighted by Crippen LogP contribution is -2.41. The van der Waals surface area contributed by atoms with Crippen LogP contribution in [0.25, 0.3) is 0 Å². The number of nitrogens with one attached hydrogen (secondary N) is 1. The van der Waals surface area contributed by atoms with Crippen LogP contribution in [-0.2, 0) is 21.2 Å². The van der Waals surface area contributed by atoms with E-state index in [1.54, 1.807) is 54.2 Å². The number of thioether (sulfide) groups is 1. The van der Waals surface area contributed by atoms with Gasteiger partial charge in [0, 0.05) is 11.4 Å². The number of carbonyl (C=O) groups excluding carboxylic acids is 1. The van der Waals surface area contributed by atoms with Gasteiger partial charge in [-0.25, -0.2) is 8.42 Å². The molecule has 0 spiro atoms. The average Bonchev–Trinajstić information content (AvgIpc) is 2.84. The molecule has 0 aliphatic carbocycles. The maximum atomic E-state index is 13.4. The van der Waals surface area contributed by atoms with Crippen molar-refractivity contribution >= 4 is 33.4 Å². The second kappa shape index (κ2) is 11.9. The van der Waals surface area contributed by atoms with Gasteiger partial charge in [0.15, 0.2) is 0 Å². The van der Waals surface area contributed by atoms with E-state index in [1.807, 2.05) is 19.1 Å². The predicted octanol–water partition coefficient (Wildman–Crippen LogP) is 5.05. The fourth-order valence-corrected chi connectivity index (χ4v) is 5.72. The number of carbonyl (C=O) groups is 1. The molecule has 0 fully saturated rings. The molecular formula is C26H30N2O3S2. The highest BCUT2D eigenvalue weighted by atomic mass is 32.2. The number of aryl methyl sites for hydroxylation is 2. The van der Waals surface area contributed by atoms with Gasteiger partial charge in [0.25, 0.3) is 10.0 Å². The van der Waals surface area contributed by atoms with Gasteiger partial charge in [0.05, 0.1) is 10.6 Å². The zero-order valence-electron chi connectivity index (χ0n) is 19.0. The highest BCUT2D eigenvalue weighted by Gasteiger charge is 2.28. The SMILES string of the molecule is CCc1ccccc1N(CC(=O)NCCCSc1ccc(C)cc1)S(=O)(=O)c1ccccc1. The zero-order chi connectivity index (χ0) is 23.7. The van der Waals surface area contributed by atoms with E-state index in [1.165, 1.54) is 14.8 Å². The molecule has 1 N–H and O–H groups in total. The number of anilines is 1. The van der Waals surface area contributed by atoms with Gasteiger partial charge in [0.2, 0.25) is 5.91 Å². The lowest BCUT2D eigenvalue weighted by atomic mass is 10.1. The number of amides is 1. The van der Waals surface area contributed by atoms with Crippen LogP contribution in [-0.4, -0.2) is 33.2 Å². The summed E-state index contributed by atoms with van der Waals surface area (Å²) in [4.78, 5) is 14.1. The fourth-order valence-electron chi connectivity index (χ4n) is 3.38. The van der Waals surface area contributed by atoms with Gasteiger partial charge in [-0.3, -0.25) is 9.10 Å². The number of para-hydroxylation sites is 1. The Hall–Kier alpha value is -2.77. The summed E-state index contributed by atoms with van der Waals surface area (Å²) in [5.74, 6) is 0.550. The topological polar surface area (TPSA) is 66.5 Å². The number of sulfonamides is 1. The van der Waals surface area contributed by atoms with E-state index in [0.29, 0.717) is 18.7 Å². The number of nitrogens with zero attached hydrogens (tertiary/aromatic N) is 1. The number of rotatable bonds is 11. The Morgan fingerprint density at radius 3 is 2.30 bits per heavy atom. The van der Waals surface area contributed by atoms with Crippen molar-refractivity contribution in [3.8, 4) is 0 Å². The number of hydrogen-bond acceptors (Lipinski definition) is 4. The number of benzene rings is 3. The molecule has 3 aromatic rings. The molecule has 0 bridgehead atoms. The van der Waals surface area contributed by atoms with Crippen LogP contribution >= 0.6 is 11.8 Å². The maximum absolute atomic E-state index is 13.4. The molecule has 5 nitrogen and oxygen atoms in total. The lowest BCUT2D eigenvalue weighted by molar-refractivity contribution is -0.119. The molecule has 3 rings (SSSR count). The fraction of sp³-hybridized carbons (Fsp3) is 0.269. The summed E-state index contributed by atoms with van der Waals surface area (Å²) >= 11 is 1.74. The van der Waals surface area contributed by atoms with Crippen LogP contribution in [0.2, 0.25) is 0 Å². The second-order valence-corrected chi connectivity index (χ2v) is 10.7. The summed E-state index contributed by atoms with van der Waals surface area (Å²) in [6.45, 7) is 4.26. The minimum atomic E-state index is -3.89. The molecule has 0 aliphatic heterocycles. The van der Waals surface area contributed by atoms with E-state index in [4.69, 9.17) is 0 Å². The highest BCUT2D eigenvalue weighted by molar-refractivity contribution is 7.99. The molecule has 0 unspecified atom stereocenters. The van der Waals surface area contributed by atoms with Gasteiger partial charge in [-0.05, 0) is 61.4 Å². The first-order valence-electron chi connectivity index (χ1n) is 11.0. The minimum Gasteiger partial charge on any atom is -0.354 e. The first-order chi connectivity index (χ1) is 15.9. The standard InChI is InChI=1S/C26H30N2O3S2/c1-3-22-10-7-8-13-25(22)28(33(30,31)24-11-5-4-6-12-24)20-26(29)27-18-9-19-32-23-16-14-21(2)15-17-23/h4-8,10-17H,3,9,18-20H2,1-2H3,(H,27,29). The lowest BCUT2D eigenvalue weighted by Gasteiger charge is -2.26. The molecule has 0 radical (unpaired) electrons. The quantitative estimate of drug-likeness (QED) is 0.307. The minimum absolute atomic E-state index is 0.165. The average molecular weight is 483 g/mol. The number of hydrogen-bond donors (Lipinski definition) is 1. The Bertz CT molecular complexity index is 1150. The maximum Gasteiger partial charge on any atom is 0.264 e. The van der Waals surface area contributed by atoms with Gasteiger partial charge >= 0.3 is 0 Å². The van der Waals surface area contributed by atoms with Crippen molar-refractivity contribution in [2.75, 3.05) is 23.1 Å². The Morgan fingerprint density at radius 1 is 0.939 bits per heavy atom. The van der Waals surface area contributed by atoms with Crippen molar-refractivity contribution in [2.24, 2.45) is 0 Å². The largest absolute Gasteiger partial charge is 0.354 e. The smallest absolute Gasteiger partial charge is 0.264 e. The Balaban J connectivity index is 1.66. The van der Waals surface area contributed by atoms with Crippen LogP contribution in [0.1, 0.15) is 24.5 Å². The molecule has 1 amide bonds. The van der Waals surface area contributed by atoms with Crippen LogP contribution in [0.3, 0.4) is 0 Å². The summed E-state index contributed by atoms with van der Waals surface area (Å²) in [6.07, 6.45) is 1.45. The van der Waals surface area contributed by atoms with Crippen molar-refractivity contribution in [3.63, 3.8) is 0 Å². The first-order valence-corrected chi connectivity index (χ1v) is 13.5. The van der Waals surface area contributed by atoms with E-state index < -0.39 is 10.0 Å². The Labute approximate surface area is 201 Å². The van der Waals surface area contributed by atoms with E-state index >= 15 is 0 Å². The van der Waals surface area contributed by atoms with E-state index in [-0.39, 0.29) is 17.3 Å². The van der Waals surface area contributed by atoms with Crippen molar-refractivity contribution < 1.29 is 13.2 Å². The zero-order valence-corrected chi connectivity index (χ0v) is 20.7. The molecule has 0 aliphatic rings. The van der Waals surface area contributed by atoms with Crippen LogP contribution in [0.5, 0.6) is 0 Å². The molecule has 0 saturated carbocycles. The molecular weight excluding hydrogens is 452 g/mol. The molecule has 0 saturated heterocycles. The molecule has 3 aromatic carbocycles. The van der Waals surface area contributed by atoms with Gasteiger partial charge in [-0.15, -0.1) is 11.8 Å². The molecule has 33 heavy (non-hydrogen) atoms. The summed E-state index contributed by atoms with van der Waals surface area (Å²) in [7, 11) is -3.89. The molecule has 174 valence electrons. The molecule has 7 heteroatoms. The van der Waals surface area contributed by atoms with Crippen molar-refractivity contribution in [2.45, 2.75) is 36.5 Å². The van der Waals surface area contributed by atoms with Gasteiger partial charge < -0.3 is 5.32 Å². The van der Waals surface area contributed by atoms with E-state index in [9.17, 15) is 13.2 Å². The normalized spacial score (nSPS) is 11.2. The van der Waals surface area contributed by atoms with Crippen molar-refractivity contribution in [1.82, 2.24) is 5.32 Å². The van der Waals surface area contributed by atoms with Crippen LogP contribution in [0.4, 0.5) is 5.69 Å². The molecule has 0 heterocycles. The molecule has 0 atom stereocenters. The van der Waals surface area contributed by atoms with Crippen LogP contribution < -0.4 is 9.62 Å². The summed E-state index contributed by atoms with van der Waals surface area (Å²) in [5, 5.41) is 2.88. The third kappa shape index (κ3) is 6.85. The van der Waals surface area contributed by atoms with Crippen LogP contribution in [0, 0.1) is 6.92 Å².